The van der Waals surface area contributed by atoms with Gasteiger partial charge in [-0.15, -0.1) is 0 Å². The quantitative estimate of drug-likeness (QED) is 0.537. The zero-order valence-electron chi connectivity index (χ0n) is 19.3. The molecular weight excluding hydrogens is 458 g/mol. The molecule has 3 aromatic rings. The molecule has 1 aromatic carbocycles. The van der Waals surface area contributed by atoms with E-state index in [1.165, 1.54) is 10.6 Å². The van der Waals surface area contributed by atoms with Crippen molar-refractivity contribution in [3.63, 3.8) is 0 Å². The molecule has 1 unspecified atom stereocenters. The summed E-state index contributed by atoms with van der Waals surface area (Å²) in [5.41, 5.74) is 3.84. The molecular formula is C22H29N7O4S. The average molecular weight is 488 g/mol. The first-order valence-corrected chi connectivity index (χ1v) is 13.2. The maximum Gasteiger partial charge on any atom is 0.229 e. The van der Waals surface area contributed by atoms with Crippen LogP contribution in [0.2, 0.25) is 0 Å². The number of benzene rings is 1. The number of aromatic amines is 1. The Labute approximate surface area is 198 Å². The predicted molar refractivity (Wildman–Crippen MR) is 129 cm³/mol. The van der Waals surface area contributed by atoms with E-state index in [9.17, 15) is 8.42 Å². The molecule has 2 aliphatic rings. The van der Waals surface area contributed by atoms with Gasteiger partial charge in [0.15, 0.2) is 5.65 Å². The summed E-state index contributed by atoms with van der Waals surface area (Å²) >= 11 is 0. The van der Waals surface area contributed by atoms with E-state index < -0.39 is 10.0 Å². The third kappa shape index (κ3) is 4.65. The number of rotatable bonds is 6. The van der Waals surface area contributed by atoms with Gasteiger partial charge in [0.25, 0.3) is 0 Å². The molecule has 182 valence electrons. The third-order valence-corrected chi connectivity index (χ3v) is 7.63. The van der Waals surface area contributed by atoms with Gasteiger partial charge in [0.1, 0.15) is 11.3 Å². The first kappa shape index (κ1) is 22.8. The summed E-state index contributed by atoms with van der Waals surface area (Å²) in [6, 6.07) is 5.98. The number of methoxy groups -OCH3 is 1. The van der Waals surface area contributed by atoms with Crippen LogP contribution in [-0.2, 0) is 14.8 Å². The molecule has 5 rings (SSSR count). The molecule has 12 heteroatoms. The van der Waals surface area contributed by atoms with E-state index in [1.54, 1.807) is 13.4 Å². The molecule has 0 amide bonds. The largest absolute Gasteiger partial charge is 0.494 e. The van der Waals surface area contributed by atoms with Crippen molar-refractivity contribution in [3.8, 4) is 5.75 Å². The summed E-state index contributed by atoms with van der Waals surface area (Å²) in [5, 5.41) is 3.28. The number of morpholine rings is 1. The zero-order valence-corrected chi connectivity index (χ0v) is 20.1. The van der Waals surface area contributed by atoms with Gasteiger partial charge in [-0.1, -0.05) is 0 Å². The Bertz CT molecular complexity index is 1270. The van der Waals surface area contributed by atoms with Gasteiger partial charge < -0.3 is 24.7 Å². The van der Waals surface area contributed by atoms with Crippen molar-refractivity contribution in [1.29, 1.82) is 0 Å². The molecule has 1 atom stereocenters. The van der Waals surface area contributed by atoms with Gasteiger partial charge in [0.05, 0.1) is 44.3 Å². The Morgan fingerprint density at radius 2 is 2.03 bits per heavy atom. The molecule has 2 aliphatic heterocycles. The van der Waals surface area contributed by atoms with E-state index in [1.807, 2.05) is 18.2 Å². The van der Waals surface area contributed by atoms with Crippen LogP contribution in [0.4, 0.5) is 17.3 Å². The van der Waals surface area contributed by atoms with Crippen molar-refractivity contribution >= 4 is 38.5 Å². The van der Waals surface area contributed by atoms with E-state index in [0.717, 1.165) is 48.5 Å². The molecule has 0 radical (unpaired) electrons. The van der Waals surface area contributed by atoms with Crippen molar-refractivity contribution in [2.45, 2.75) is 18.8 Å². The zero-order chi connectivity index (χ0) is 23.7. The molecule has 2 saturated heterocycles. The van der Waals surface area contributed by atoms with Gasteiger partial charge in [0, 0.05) is 43.9 Å². The highest BCUT2D eigenvalue weighted by atomic mass is 32.2. The topological polar surface area (TPSA) is 126 Å². The van der Waals surface area contributed by atoms with E-state index in [0.29, 0.717) is 43.6 Å². The number of imidazole rings is 1. The monoisotopic (exact) mass is 487 g/mol. The number of piperidine rings is 1. The highest BCUT2D eigenvalue weighted by Crippen LogP contribution is 2.34. The molecule has 0 spiro atoms. The number of anilines is 3. The molecule has 2 N–H and O–H groups in total. The Morgan fingerprint density at radius 3 is 2.79 bits per heavy atom. The van der Waals surface area contributed by atoms with Crippen molar-refractivity contribution in [3.05, 3.63) is 30.2 Å². The number of hydrogen-bond acceptors (Lipinski definition) is 9. The lowest BCUT2D eigenvalue weighted by molar-refractivity contribution is 0.122. The molecule has 0 aliphatic carbocycles. The van der Waals surface area contributed by atoms with Crippen LogP contribution < -0.4 is 15.0 Å². The van der Waals surface area contributed by atoms with Crippen LogP contribution in [0.1, 0.15) is 24.5 Å². The Hall–Kier alpha value is -2.96. The molecule has 0 bridgehead atoms. The standard InChI is InChI=1S/C22H29N7O4S/c1-32-18-12-16(28-8-10-33-11-9-28)5-6-17(18)25-22-26-19(20-21(27-22)24-14-23-20)15-4-3-7-29(13-15)34(2,30)31/h5-6,12,14-15H,3-4,7-11,13H2,1-2H3,(H2,23,24,25,26,27). The number of sulfonamides is 1. The van der Waals surface area contributed by atoms with Crippen LogP contribution in [0, 0.1) is 0 Å². The number of H-pyrrole nitrogens is 1. The summed E-state index contributed by atoms with van der Waals surface area (Å²) in [6.07, 6.45) is 4.45. The van der Waals surface area contributed by atoms with Gasteiger partial charge in [-0.2, -0.15) is 4.98 Å². The van der Waals surface area contributed by atoms with Gasteiger partial charge in [0.2, 0.25) is 16.0 Å². The van der Waals surface area contributed by atoms with Gasteiger partial charge >= 0.3 is 0 Å². The normalized spacial score (nSPS) is 19.9. The number of ether oxygens (including phenoxy) is 2. The van der Waals surface area contributed by atoms with Crippen LogP contribution in [0.25, 0.3) is 11.2 Å². The van der Waals surface area contributed by atoms with E-state index >= 15 is 0 Å². The summed E-state index contributed by atoms with van der Waals surface area (Å²) in [4.78, 5) is 19.1. The lowest BCUT2D eigenvalue weighted by atomic mass is 9.95. The molecule has 2 fully saturated rings. The van der Waals surface area contributed by atoms with Crippen LogP contribution in [0.5, 0.6) is 5.75 Å². The Balaban J connectivity index is 1.45. The fourth-order valence-electron chi connectivity index (χ4n) is 4.60. The van der Waals surface area contributed by atoms with E-state index in [4.69, 9.17) is 14.5 Å². The van der Waals surface area contributed by atoms with Crippen LogP contribution in [0.15, 0.2) is 24.5 Å². The first-order chi connectivity index (χ1) is 16.4. The minimum absolute atomic E-state index is 0.0550. The summed E-state index contributed by atoms with van der Waals surface area (Å²) in [7, 11) is -1.63. The summed E-state index contributed by atoms with van der Waals surface area (Å²) in [5.74, 6) is 1.02. The second-order valence-electron chi connectivity index (χ2n) is 8.60. The fraction of sp³-hybridized carbons (Fsp3) is 0.500. The highest BCUT2D eigenvalue weighted by Gasteiger charge is 2.30. The number of hydrogen-bond donors (Lipinski definition) is 2. The van der Waals surface area contributed by atoms with Crippen LogP contribution in [0.3, 0.4) is 0 Å². The second-order valence-corrected chi connectivity index (χ2v) is 10.6. The molecule has 2 aromatic heterocycles. The van der Waals surface area contributed by atoms with Crippen molar-refractivity contribution < 1.29 is 17.9 Å². The van der Waals surface area contributed by atoms with E-state index in [-0.39, 0.29) is 5.92 Å². The second kappa shape index (κ2) is 9.35. The minimum atomic E-state index is -3.27. The Morgan fingerprint density at radius 1 is 1.21 bits per heavy atom. The van der Waals surface area contributed by atoms with Crippen molar-refractivity contribution in [2.75, 3.05) is 63.0 Å². The van der Waals surface area contributed by atoms with Gasteiger partial charge in [-0.25, -0.2) is 22.7 Å². The summed E-state index contributed by atoms with van der Waals surface area (Å²) in [6.45, 7) is 4.01. The first-order valence-electron chi connectivity index (χ1n) is 11.4. The van der Waals surface area contributed by atoms with Crippen molar-refractivity contribution in [2.24, 2.45) is 0 Å². The average Bonchev–Trinajstić information content (AvgIpc) is 3.32. The minimum Gasteiger partial charge on any atom is -0.494 e. The molecule has 4 heterocycles. The highest BCUT2D eigenvalue weighted by molar-refractivity contribution is 7.88. The smallest absolute Gasteiger partial charge is 0.229 e. The van der Waals surface area contributed by atoms with Gasteiger partial charge in [-0.05, 0) is 25.0 Å². The molecule has 34 heavy (non-hydrogen) atoms. The number of nitrogens with zero attached hydrogens (tertiary/aromatic N) is 5. The summed E-state index contributed by atoms with van der Waals surface area (Å²) < 4.78 is 36.9. The fourth-order valence-corrected chi connectivity index (χ4v) is 5.51. The lowest BCUT2D eigenvalue weighted by Gasteiger charge is -2.30. The molecule has 11 nitrogen and oxygen atoms in total. The number of nitrogens with one attached hydrogen (secondary N) is 2. The predicted octanol–water partition coefficient (Wildman–Crippen LogP) is 2.08. The van der Waals surface area contributed by atoms with Crippen molar-refractivity contribution in [1.82, 2.24) is 24.2 Å². The number of aromatic nitrogens is 4. The molecule has 0 saturated carbocycles. The lowest BCUT2D eigenvalue weighted by Crippen LogP contribution is -2.38. The van der Waals surface area contributed by atoms with Crippen LogP contribution >= 0.6 is 0 Å². The third-order valence-electron chi connectivity index (χ3n) is 6.36. The van der Waals surface area contributed by atoms with Crippen LogP contribution in [-0.4, -0.2) is 85.4 Å². The Kier molecular flexibility index (Phi) is 6.28. The SMILES string of the molecule is COc1cc(N2CCOCC2)ccc1Nc1nc(C2CCCN(S(C)(=O)=O)C2)c2[nH]cnc2n1. The maximum atomic E-state index is 12.1. The number of fused-ring (bicyclic) bond motifs is 1. The van der Waals surface area contributed by atoms with Gasteiger partial charge in [-0.3, -0.25) is 0 Å². The maximum absolute atomic E-state index is 12.1. The van der Waals surface area contributed by atoms with E-state index in [2.05, 4.69) is 25.2 Å².